The van der Waals surface area contributed by atoms with E-state index < -0.39 is 23.8 Å². The number of amides is 2. The van der Waals surface area contributed by atoms with Crippen molar-refractivity contribution in [3.05, 3.63) is 48.2 Å². The summed E-state index contributed by atoms with van der Waals surface area (Å²) in [5.74, 6) is -1.51. The molecule has 1 aromatic carbocycles. The Morgan fingerprint density at radius 3 is 2.71 bits per heavy atom. The maximum Gasteiger partial charge on any atom is 0.414 e. The predicted molar refractivity (Wildman–Crippen MR) is 113 cm³/mol. The molecule has 0 spiro atoms. The van der Waals surface area contributed by atoms with Crippen LogP contribution in [-0.4, -0.2) is 54.5 Å². The molecule has 0 bridgehead atoms. The number of nitrogens with one attached hydrogen (secondary N) is 3. The Balaban J connectivity index is 1.38. The molecule has 2 fully saturated rings. The first kappa shape index (κ1) is 20.7. The summed E-state index contributed by atoms with van der Waals surface area (Å²) in [6.45, 7) is 0.155. The van der Waals surface area contributed by atoms with Gasteiger partial charge in [0, 0.05) is 18.3 Å². The largest absolute Gasteiger partial charge is 0.442 e. The number of carbonyl (C=O) groups excluding carboxylic acids is 2. The van der Waals surface area contributed by atoms with Crippen LogP contribution < -0.4 is 25.8 Å². The first-order valence-corrected chi connectivity index (χ1v) is 9.76. The van der Waals surface area contributed by atoms with Crippen LogP contribution in [0.2, 0.25) is 0 Å². The number of nitrogens with zero attached hydrogens (tertiary/aromatic N) is 3. The molecule has 4 rings (SSSR count). The molecule has 2 aromatic rings. The molecule has 31 heavy (non-hydrogen) atoms. The van der Waals surface area contributed by atoms with Gasteiger partial charge in [0.25, 0.3) is 0 Å². The van der Waals surface area contributed by atoms with E-state index in [2.05, 4.69) is 20.9 Å². The van der Waals surface area contributed by atoms with Gasteiger partial charge in [0.1, 0.15) is 17.6 Å². The third kappa shape index (κ3) is 4.63. The standard InChI is InChI=1S/C19H18F2N6O3S/c20-13-5-11(6-14(21)17(13)26-9-16(28)24-10-26)27-8-12(30-19(27)29)7-23-18(31)25-15-3-1-2-4-22-15/h1-6,12H,7-10H2,(H,24,28)(H2,22,23,25,31)/t12-/m0/s1. The van der Waals surface area contributed by atoms with E-state index in [4.69, 9.17) is 17.0 Å². The zero-order chi connectivity index (χ0) is 22.0. The summed E-state index contributed by atoms with van der Waals surface area (Å²) in [6.07, 6.45) is 0.311. The lowest BCUT2D eigenvalue weighted by molar-refractivity contribution is -0.118. The van der Waals surface area contributed by atoms with Crippen molar-refractivity contribution in [1.82, 2.24) is 15.6 Å². The topological polar surface area (TPSA) is 98.8 Å². The molecule has 2 saturated heterocycles. The van der Waals surface area contributed by atoms with E-state index in [0.29, 0.717) is 10.9 Å². The molecule has 2 amide bonds. The van der Waals surface area contributed by atoms with Gasteiger partial charge in [0.2, 0.25) is 5.91 Å². The van der Waals surface area contributed by atoms with Crippen LogP contribution >= 0.6 is 12.2 Å². The number of ether oxygens (including phenoxy) is 1. The van der Waals surface area contributed by atoms with Crippen LogP contribution in [0.5, 0.6) is 0 Å². The summed E-state index contributed by atoms with van der Waals surface area (Å²) < 4.78 is 34.4. The Kier molecular flexibility index (Phi) is 5.80. The quantitative estimate of drug-likeness (QED) is 0.593. The van der Waals surface area contributed by atoms with Gasteiger partial charge in [-0.3, -0.25) is 9.69 Å². The minimum Gasteiger partial charge on any atom is -0.442 e. The highest BCUT2D eigenvalue weighted by Gasteiger charge is 2.34. The number of hydrogen-bond donors (Lipinski definition) is 3. The van der Waals surface area contributed by atoms with Crippen molar-refractivity contribution in [2.24, 2.45) is 0 Å². The summed E-state index contributed by atoms with van der Waals surface area (Å²) >= 11 is 5.18. The fourth-order valence-corrected chi connectivity index (χ4v) is 3.47. The number of aromatic nitrogens is 1. The number of rotatable bonds is 5. The number of pyridine rings is 1. The van der Waals surface area contributed by atoms with Gasteiger partial charge < -0.3 is 25.6 Å². The third-order valence-electron chi connectivity index (χ3n) is 4.70. The summed E-state index contributed by atoms with van der Waals surface area (Å²) in [7, 11) is 0. The van der Waals surface area contributed by atoms with E-state index >= 15 is 0 Å². The average Bonchev–Trinajstić information content (AvgIpc) is 3.32. The average molecular weight is 448 g/mol. The second-order valence-electron chi connectivity index (χ2n) is 6.88. The minimum atomic E-state index is -0.874. The number of thiocarbonyl (C=S) groups is 1. The molecule has 3 heterocycles. The van der Waals surface area contributed by atoms with E-state index in [1.807, 2.05) is 0 Å². The van der Waals surface area contributed by atoms with Crippen LogP contribution in [0.4, 0.5) is 30.8 Å². The Morgan fingerprint density at radius 1 is 1.29 bits per heavy atom. The van der Waals surface area contributed by atoms with E-state index in [0.717, 1.165) is 17.0 Å². The highest BCUT2D eigenvalue weighted by atomic mass is 32.1. The van der Waals surface area contributed by atoms with E-state index in [9.17, 15) is 18.4 Å². The molecular weight excluding hydrogens is 430 g/mol. The van der Waals surface area contributed by atoms with E-state index in [-0.39, 0.29) is 43.6 Å². The highest BCUT2D eigenvalue weighted by molar-refractivity contribution is 7.80. The van der Waals surface area contributed by atoms with Crippen LogP contribution in [0, 0.1) is 11.6 Å². The molecule has 0 aliphatic carbocycles. The molecule has 1 atom stereocenters. The highest BCUT2D eigenvalue weighted by Crippen LogP contribution is 2.31. The zero-order valence-corrected chi connectivity index (χ0v) is 16.9. The fraction of sp³-hybridized carbons (Fsp3) is 0.263. The van der Waals surface area contributed by atoms with Crippen LogP contribution in [0.15, 0.2) is 36.5 Å². The van der Waals surface area contributed by atoms with Crippen LogP contribution in [0.25, 0.3) is 0 Å². The summed E-state index contributed by atoms with van der Waals surface area (Å²) in [5.41, 5.74) is -0.294. The number of anilines is 3. The maximum absolute atomic E-state index is 14.6. The summed E-state index contributed by atoms with van der Waals surface area (Å²) in [5, 5.41) is 8.60. The Labute approximate surface area is 181 Å². The van der Waals surface area contributed by atoms with E-state index in [1.54, 1.807) is 24.4 Å². The molecular formula is C19H18F2N6O3S. The number of carbonyl (C=O) groups is 2. The van der Waals surface area contributed by atoms with Gasteiger partial charge in [-0.25, -0.2) is 18.6 Å². The third-order valence-corrected chi connectivity index (χ3v) is 4.95. The first-order valence-electron chi connectivity index (χ1n) is 9.35. The molecule has 12 heteroatoms. The number of hydrogen-bond acceptors (Lipinski definition) is 6. The monoisotopic (exact) mass is 448 g/mol. The van der Waals surface area contributed by atoms with E-state index in [1.165, 1.54) is 4.90 Å². The van der Waals surface area contributed by atoms with Gasteiger partial charge in [-0.1, -0.05) is 6.07 Å². The maximum atomic E-state index is 14.6. The van der Waals surface area contributed by atoms with Crippen LogP contribution in [0.1, 0.15) is 0 Å². The SMILES string of the molecule is O=C1CN(c2c(F)cc(N3C[C@H](CNC(=S)Nc4ccccn4)OC3=O)cc2F)CN1. The molecule has 9 nitrogen and oxygen atoms in total. The van der Waals surface area contributed by atoms with Crippen molar-refractivity contribution >= 4 is 46.5 Å². The normalized spacial score (nSPS) is 18.1. The fourth-order valence-electron chi connectivity index (χ4n) is 3.28. The molecule has 2 aliphatic heterocycles. The minimum absolute atomic E-state index is 0.0119. The van der Waals surface area contributed by atoms with Gasteiger partial charge in [-0.15, -0.1) is 0 Å². The Bertz CT molecular complexity index is 1000. The van der Waals surface area contributed by atoms with Gasteiger partial charge in [-0.2, -0.15) is 0 Å². The summed E-state index contributed by atoms with van der Waals surface area (Å²) in [6, 6.07) is 7.41. The predicted octanol–water partition coefficient (Wildman–Crippen LogP) is 1.57. The van der Waals surface area contributed by atoms with Gasteiger partial charge in [0.05, 0.1) is 32.0 Å². The van der Waals surface area contributed by atoms with Crippen LogP contribution in [0.3, 0.4) is 0 Å². The Hall–Kier alpha value is -3.54. The molecule has 0 saturated carbocycles. The lowest BCUT2D eigenvalue weighted by Gasteiger charge is -2.20. The lowest BCUT2D eigenvalue weighted by atomic mass is 10.2. The van der Waals surface area contributed by atoms with Gasteiger partial charge >= 0.3 is 6.09 Å². The molecule has 162 valence electrons. The second kappa shape index (κ2) is 8.68. The van der Waals surface area contributed by atoms with Crippen molar-refractivity contribution in [2.75, 3.05) is 41.4 Å². The number of halogens is 2. The molecule has 0 unspecified atom stereocenters. The van der Waals surface area contributed by atoms with Crippen molar-refractivity contribution < 1.29 is 23.1 Å². The van der Waals surface area contributed by atoms with Gasteiger partial charge in [0.15, 0.2) is 16.7 Å². The van der Waals surface area contributed by atoms with Gasteiger partial charge in [-0.05, 0) is 24.4 Å². The zero-order valence-electron chi connectivity index (χ0n) is 16.1. The van der Waals surface area contributed by atoms with Crippen molar-refractivity contribution in [2.45, 2.75) is 6.10 Å². The lowest BCUT2D eigenvalue weighted by Crippen LogP contribution is -2.37. The number of benzene rings is 1. The van der Waals surface area contributed by atoms with Crippen LogP contribution in [-0.2, 0) is 9.53 Å². The smallest absolute Gasteiger partial charge is 0.414 e. The van der Waals surface area contributed by atoms with Crippen molar-refractivity contribution in [1.29, 1.82) is 0 Å². The molecule has 0 radical (unpaired) electrons. The number of cyclic esters (lactones) is 1. The molecule has 2 aliphatic rings. The van der Waals surface area contributed by atoms with Crippen molar-refractivity contribution in [3.63, 3.8) is 0 Å². The first-order chi connectivity index (χ1) is 14.9. The van der Waals surface area contributed by atoms with Crippen molar-refractivity contribution in [3.8, 4) is 0 Å². The summed E-state index contributed by atoms with van der Waals surface area (Å²) in [4.78, 5) is 30.0. The second-order valence-corrected chi connectivity index (χ2v) is 7.29. The molecule has 3 N–H and O–H groups in total. The Morgan fingerprint density at radius 2 is 2.06 bits per heavy atom. The molecule has 1 aromatic heterocycles.